The van der Waals surface area contributed by atoms with Crippen LogP contribution in [0.15, 0.2) is 29.3 Å². The fourth-order valence-electron chi connectivity index (χ4n) is 4.02. The zero-order valence-electron chi connectivity index (χ0n) is 17.4. The van der Waals surface area contributed by atoms with Crippen molar-refractivity contribution in [2.75, 3.05) is 39.5 Å². The second kappa shape index (κ2) is 11.7. The highest BCUT2D eigenvalue weighted by Gasteiger charge is 2.34. The number of benzene rings is 1. The molecule has 2 aliphatic heterocycles. The highest BCUT2D eigenvalue weighted by Crippen LogP contribution is 2.35. The first-order valence-corrected chi connectivity index (χ1v) is 10.3. The van der Waals surface area contributed by atoms with Crippen LogP contribution in [-0.4, -0.2) is 62.4 Å². The SMILES string of the molecule is CCOC(=O)N1CCC(NC(N)=NCC2(c3ccc(F)cc3)CCOCC2)CC1.I. The number of rotatable bonds is 5. The van der Waals surface area contributed by atoms with E-state index >= 15 is 0 Å². The molecule has 9 heteroatoms. The van der Waals surface area contributed by atoms with Crippen LogP contribution in [0.2, 0.25) is 0 Å². The quantitative estimate of drug-likeness (QED) is 0.345. The van der Waals surface area contributed by atoms with E-state index in [4.69, 9.17) is 15.2 Å². The molecule has 0 unspecified atom stereocenters. The molecule has 7 nitrogen and oxygen atoms in total. The Labute approximate surface area is 194 Å². The first-order chi connectivity index (χ1) is 14.0. The van der Waals surface area contributed by atoms with Crippen LogP contribution in [0.4, 0.5) is 9.18 Å². The molecule has 168 valence electrons. The third kappa shape index (κ3) is 6.44. The predicted octanol–water partition coefficient (Wildman–Crippen LogP) is 3.02. The minimum Gasteiger partial charge on any atom is -0.450 e. The summed E-state index contributed by atoms with van der Waals surface area (Å²) in [5, 5.41) is 3.29. The Morgan fingerprint density at radius 3 is 2.53 bits per heavy atom. The average Bonchev–Trinajstić information content (AvgIpc) is 2.74. The summed E-state index contributed by atoms with van der Waals surface area (Å²) in [6, 6.07) is 6.85. The molecule has 1 aromatic carbocycles. The Bertz CT molecular complexity index is 703. The Balaban J connectivity index is 0.00000320. The van der Waals surface area contributed by atoms with Gasteiger partial charge in [-0.3, -0.25) is 4.99 Å². The molecule has 3 N–H and O–H groups in total. The molecule has 0 aromatic heterocycles. The van der Waals surface area contributed by atoms with E-state index in [1.54, 1.807) is 11.8 Å². The van der Waals surface area contributed by atoms with Crippen molar-refractivity contribution >= 4 is 36.0 Å². The van der Waals surface area contributed by atoms with Gasteiger partial charge in [0.15, 0.2) is 5.96 Å². The van der Waals surface area contributed by atoms with E-state index in [1.807, 2.05) is 12.1 Å². The standard InChI is InChI=1S/C21H31FN4O3.HI/c1-2-29-20(27)26-11-7-18(8-12-26)25-19(23)24-15-21(9-13-28-14-10-21)16-3-5-17(22)6-4-16;/h3-6,18H,2,7-15H2,1H3,(H3,23,24,25);1H. The van der Waals surface area contributed by atoms with Crippen LogP contribution in [0.25, 0.3) is 0 Å². The zero-order chi connectivity index (χ0) is 20.7. The van der Waals surface area contributed by atoms with Crippen LogP contribution in [-0.2, 0) is 14.9 Å². The summed E-state index contributed by atoms with van der Waals surface area (Å²) >= 11 is 0. The van der Waals surface area contributed by atoms with E-state index in [1.165, 1.54) is 12.1 Å². The van der Waals surface area contributed by atoms with Crippen molar-refractivity contribution in [3.05, 3.63) is 35.6 Å². The number of amides is 1. The number of carbonyl (C=O) groups excluding carboxylic acids is 1. The number of piperidine rings is 1. The number of nitrogens with zero attached hydrogens (tertiary/aromatic N) is 2. The molecular formula is C21H32FIN4O3. The average molecular weight is 534 g/mol. The summed E-state index contributed by atoms with van der Waals surface area (Å²) in [5.74, 6) is 0.169. The second-order valence-corrected chi connectivity index (χ2v) is 7.71. The van der Waals surface area contributed by atoms with E-state index in [0.29, 0.717) is 45.4 Å². The van der Waals surface area contributed by atoms with Crippen LogP contribution in [0.1, 0.15) is 38.2 Å². The highest BCUT2D eigenvalue weighted by molar-refractivity contribution is 14.0. The maximum atomic E-state index is 13.4. The summed E-state index contributed by atoms with van der Waals surface area (Å²) in [6.07, 6.45) is 2.99. The Morgan fingerprint density at radius 1 is 1.30 bits per heavy atom. The smallest absolute Gasteiger partial charge is 0.409 e. The first kappa shape index (κ1) is 24.6. The maximum Gasteiger partial charge on any atom is 0.409 e. The highest BCUT2D eigenvalue weighted by atomic mass is 127. The molecule has 0 atom stereocenters. The number of likely N-dealkylation sites (tertiary alicyclic amines) is 1. The third-order valence-electron chi connectivity index (χ3n) is 5.83. The molecule has 0 aliphatic carbocycles. The number of nitrogens with one attached hydrogen (secondary N) is 1. The normalized spacial score (nSPS) is 19.7. The minimum atomic E-state index is -0.256. The molecule has 2 saturated heterocycles. The monoisotopic (exact) mass is 534 g/mol. The van der Waals surface area contributed by atoms with Crippen molar-refractivity contribution < 1.29 is 18.7 Å². The lowest BCUT2D eigenvalue weighted by molar-refractivity contribution is 0.0530. The fourth-order valence-corrected chi connectivity index (χ4v) is 4.02. The van der Waals surface area contributed by atoms with E-state index in [0.717, 1.165) is 31.2 Å². The van der Waals surface area contributed by atoms with Gasteiger partial charge >= 0.3 is 6.09 Å². The van der Waals surface area contributed by atoms with Gasteiger partial charge in [-0.15, -0.1) is 24.0 Å². The molecule has 2 heterocycles. The van der Waals surface area contributed by atoms with Gasteiger partial charge in [0, 0.05) is 37.8 Å². The van der Waals surface area contributed by atoms with Crippen LogP contribution in [0.3, 0.4) is 0 Å². The first-order valence-electron chi connectivity index (χ1n) is 10.3. The van der Waals surface area contributed by atoms with Crippen molar-refractivity contribution in [2.24, 2.45) is 10.7 Å². The van der Waals surface area contributed by atoms with Crippen LogP contribution in [0.5, 0.6) is 0 Å². The lowest BCUT2D eigenvalue weighted by Crippen LogP contribution is -2.49. The fraction of sp³-hybridized carbons (Fsp3) is 0.619. The summed E-state index contributed by atoms with van der Waals surface area (Å²) in [7, 11) is 0. The van der Waals surface area contributed by atoms with Crippen molar-refractivity contribution in [2.45, 2.75) is 44.1 Å². The maximum absolute atomic E-state index is 13.4. The molecule has 30 heavy (non-hydrogen) atoms. The number of aliphatic imine (C=N–C) groups is 1. The molecule has 1 amide bonds. The third-order valence-corrected chi connectivity index (χ3v) is 5.83. The van der Waals surface area contributed by atoms with Gasteiger partial charge in [0.25, 0.3) is 0 Å². The van der Waals surface area contributed by atoms with Crippen molar-refractivity contribution in [3.8, 4) is 0 Å². The zero-order valence-corrected chi connectivity index (χ0v) is 19.8. The minimum absolute atomic E-state index is 0. The number of nitrogens with two attached hydrogens (primary N) is 1. The number of ether oxygens (including phenoxy) is 2. The Hall–Kier alpha value is -1.62. The van der Waals surface area contributed by atoms with Gasteiger partial charge in [-0.2, -0.15) is 0 Å². The number of hydrogen-bond acceptors (Lipinski definition) is 4. The van der Waals surface area contributed by atoms with Crippen LogP contribution >= 0.6 is 24.0 Å². The van der Waals surface area contributed by atoms with Gasteiger partial charge in [0.1, 0.15) is 5.82 Å². The van der Waals surface area contributed by atoms with Crippen molar-refractivity contribution in [1.29, 1.82) is 0 Å². The van der Waals surface area contributed by atoms with Crippen molar-refractivity contribution in [1.82, 2.24) is 10.2 Å². The van der Waals surface area contributed by atoms with Crippen molar-refractivity contribution in [3.63, 3.8) is 0 Å². The molecular weight excluding hydrogens is 502 g/mol. The molecule has 3 rings (SSSR count). The van der Waals surface area contributed by atoms with Gasteiger partial charge in [0.2, 0.25) is 0 Å². The Morgan fingerprint density at radius 2 is 1.93 bits per heavy atom. The number of guanidine groups is 1. The van der Waals surface area contributed by atoms with Crippen LogP contribution in [0, 0.1) is 5.82 Å². The van der Waals surface area contributed by atoms with E-state index in [-0.39, 0.29) is 47.3 Å². The van der Waals surface area contributed by atoms with Gasteiger partial charge in [0.05, 0.1) is 13.2 Å². The largest absolute Gasteiger partial charge is 0.450 e. The second-order valence-electron chi connectivity index (χ2n) is 7.71. The van der Waals surface area contributed by atoms with E-state index in [2.05, 4.69) is 10.3 Å². The van der Waals surface area contributed by atoms with Gasteiger partial charge in [-0.25, -0.2) is 9.18 Å². The van der Waals surface area contributed by atoms with E-state index < -0.39 is 0 Å². The lowest BCUT2D eigenvalue weighted by atomic mass is 9.74. The summed E-state index contributed by atoms with van der Waals surface area (Å²) in [4.78, 5) is 18.1. The van der Waals surface area contributed by atoms with Gasteiger partial charge < -0.3 is 25.4 Å². The predicted molar refractivity (Wildman–Crippen MR) is 125 cm³/mol. The number of carbonyl (C=O) groups is 1. The molecule has 2 fully saturated rings. The molecule has 1 aromatic rings. The van der Waals surface area contributed by atoms with Crippen LogP contribution < -0.4 is 11.1 Å². The van der Waals surface area contributed by atoms with E-state index in [9.17, 15) is 9.18 Å². The summed E-state index contributed by atoms with van der Waals surface area (Å²) in [6.45, 7) is 5.32. The summed E-state index contributed by atoms with van der Waals surface area (Å²) in [5.41, 5.74) is 7.05. The lowest BCUT2D eigenvalue weighted by Gasteiger charge is -2.37. The molecule has 0 saturated carbocycles. The number of hydrogen-bond donors (Lipinski definition) is 2. The molecule has 0 bridgehead atoms. The topological polar surface area (TPSA) is 89.2 Å². The molecule has 0 spiro atoms. The Kier molecular flexibility index (Phi) is 9.60. The summed E-state index contributed by atoms with van der Waals surface area (Å²) < 4.78 is 23.9. The van der Waals surface area contributed by atoms with Gasteiger partial charge in [-0.1, -0.05) is 12.1 Å². The molecule has 2 aliphatic rings. The number of halogens is 2. The molecule has 0 radical (unpaired) electrons. The van der Waals surface area contributed by atoms with Gasteiger partial charge in [-0.05, 0) is 50.3 Å².